The van der Waals surface area contributed by atoms with Gasteiger partial charge in [0.25, 0.3) is 5.70 Å². The van der Waals surface area contributed by atoms with E-state index in [0.717, 1.165) is 25.7 Å². The van der Waals surface area contributed by atoms with Crippen LogP contribution in [0.1, 0.15) is 44.1 Å². The van der Waals surface area contributed by atoms with Gasteiger partial charge in [0.05, 0.1) is 17.7 Å². The number of halogens is 3. The van der Waals surface area contributed by atoms with Crippen molar-refractivity contribution in [2.45, 2.75) is 57.0 Å². The molecule has 1 aromatic rings. The number of ether oxygens (including phenoxy) is 1. The fourth-order valence-corrected chi connectivity index (χ4v) is 4.47. The van der Waals surface area contributed by atoms with Crippen LogP contribution in [0.25, 0.3) is 0 Å². The third-order valence-corrected chi connectivity index (χ3v) is 6.16. The van der Waals surface area contributed by atoms with Gasteiger partial charge in [-0.2, -0.15) is 0 Å². The van der Waals surface area contributed by atoms with E-state index in [0.29, 0.717) is 24.7 Å². The van der Waals surface area contributed by atoms with E-state index in [2.05, 4.69) is 15.0 Å². The Morgan fingerprint density at radius 3 is 2.50 bits per heavy atom. The molecule has 5 N–H and O–H groups in total. The standard InChI is InChI=1S/C21H28F3N5O3/c22-21(23,24)32-17-4-2-1-3-16(17)12-27-19-10-20(26,18(13-28-19)29(30)31)9-14-5-7-15(11-25)8-6-14/h1-4,13-15H,5-12,25-26H2,(H,27,28). The molecule has 1 saturated carbocycles. The van der Waals surface area contributed by atoms with Crippen molar-refractivity contribution in [3.05, 3.63) is 51.8 Å². The van der Waals surface area contributed by atoms with Crippen molar-refractivity contribution in [2.75, 3.05) is 6.54 Å². The van der Waals surface area contributed by atoms with Crippen LogP contribution in [0.5, 0.6) is 5.75 Å². The van der Waals surface area contributed by atoms with Crippen molar-refractivity contribution >= 4 is 5.84 Å². The van der Waals surface area contributed by atoms with Crippen molar-refractivity contribution in [1.29, 1.82) is 0 Å². The molecule has 11 heteroatoms. The SMILES string of the molecule is NCC1CCC(CC2(N)CC(=NCc3ccccc3OC(F)(F)F)NC=C2[N+](=O)[O-])CC1. The molecule has 0 aromatic heterocycles. The summed E-state index contributed by atoms with van der Waals surface area (Å²) in [6.07, 6.45) is 0.733. The molecular weight excluding hydrogens is 427 g/mol. The molecule has 1 fully saturated rings. The van der Waals surface area contributed by atoms with Crippen molar-refractivity contribution in [3.8, 4) is 5.75 Å². The van der Waals surface area contributed by atoms with Crippen LogP contribution < -0.4 is 21.5 Å². The second-order valence-electron chi connectivity index (χ2n) is 8.51. The van der Waals surface area contributed by atoms with Gasteiger partial charge < -0.3 is 21.5 Å². The first-order valence-electron chi connectivity index (χ1n) is 10.6. The minimum Gasteiger partial charge on any atom is -0.405 e. The van der Waals surface area contributed by atoms with Crippen LogP contribution in [0.2, 0.25) is 0 Å². The molecule has 1 unspecified atom stereocenters. The second kappa shape index (κ2) is 9.86. The molecule has 3 rings (SSSR count). The smallest absolute Gasteiger partial charge is 0.405 e. The van der Waals surface area contributed by atoms with Gasteiger partial charge in [-0.3, -0.25) is 15.1 Å². The molecule has 0 spiro atoms. The average Bonchev–Trinajstić information content (AvgIpc) is 2.72. The van der Waals surface area contributed by atoms with Gasteiger partial charge in [0, 0.05) is 12.0 Å². The maximum Gasteiger partial charge on any atom is 0.573 e. The fourth-order valence-electron chi connectivity index (χ4n) is 4.47. The van der Waals surface area contributed by atoms with E-state index < -0.39 is 16.8 Å². The number of nitrogens with one attached hydrogen (secondary N) is 1. The Balaban J connectivity index is 1.75. The summed E-state index contributed by atoms with van der Waals surface area (Å²) < 4.78 is 42.0. The molecule has 8 nitrogen and oxygen atoms in total. The van der Waals surface area contributed by atoms with E-state index in [1.165, 1.54) is 24.4 Å². The maximum absolute atomic E-state index is 12.6. The summed E-state index contributed by atoms with van der Waals surface area (Å²) in [7, 11) is 0. The Hall–Kier alpha value is -2.66. The summed E-state index contributed by atoms with van der Waals surface area (Å²) in [6.45, 7) is 0.550. The quantitative estimate of drug-likeness (QED) is 0.427. The molecule has 2 aliphatic rings. The number of aliphatic imine (C=N–C) groups is 1. The molecule has 1 aliphatic carbocycles. The lowest BCUT2D eigenvalue weighted by molar-refractivity contribution is -0.436. The van der Waals surface area contributed by atoms with Crippen molar-refractivity contribution in [1.82, 2.24) is 5.32 Å². The van der Waals surface area contributed by atoms with Gasteiger partial charge in [0.1, 0.15) is 17.1 Å². The number of hydrogen-bond donors (Lipinski definition) is 3. The minimum absolute atomic E-state index is 0.0894. The summed E-state index contributed by atoms with van der Waals surface area (Å²) in [5.74, 6) is 0.772. The number of nitrogens with zero attached hydrogens (tertiary/aromatic N) is 2. The van der Waals surface area contributed by atoms with Gasteiger partial charge >= 0.3 is 6.36 Å². The summed E-state index contributed by atoms with van der Waals surface area (Å²) in [5, 5.41) is 14.4. The lowest BCUT2D eigenvalue weighted by Crippen LogP contribution is -2.52. The van der Waals surface area contributed by atoms with Crippen LogP contribution in [0, 0.1) is 22.0 Å². The topological polar surface area (TPSA) is 129 Å². The van der Waals surface area contributed by atoms with Gasteiger partial charge in [0.2, 0.25) is 0 Å². The largest absolute Gasteiger partial charge is 0.573 e. The molecule has 0 radical (unpaired) electrons. The predicted molar refractivity (Wildman–Crippen MR) is 113 cm³/mol. The van der Waals surface area contributed by atoms with E-state index in [1.54, 1.807) is 6.07 Å². The number of para-hydroxylation sites is 1. The summed E-state index contributed by atoms with van der Waals surface area (Å²) >= 11 is 0. The zero-order valence-electron chi connectivity index (χ0n) is 17.6. The summed E-state index contributed by atoms with van der Waals surface area (Å²) in [5.41, 5.74) is 11.2. The number of nitrogens with two attached hydrogens (primary N) is 2. The van der Waals surface area contributed by atoms with E-state index in [1.807, 2.05) is 0 Å². The lowest BCUT2D eigenvalue weighted by atomic mass is 9.73. The zero-order chi connectivity index (χ0) is 23.4. The van der Waals surface area contributed by atoms with Crippen LogP contribution in [0.15, 0.2) is 41.2 Å². The predicted octanol–water partition coefficient (Wildman–Crippen LogP) is 3.45. The van der Waals surface area contributed by atoms with Crippen LogP contribution in [-0.2, 0) is 6.54 Å². The molecule has 0 saturated heterocycles. The van der Waals surface area contributed by atoms with Gasteiger partial charge in [-0.1, -0.05) is 31.0 Å². The Kier molecular flexibility index (Phi) is 7.40. The normalized spacial score (nSPS) is 27.5. The van der Waals surface area contributed by atoms with Crippen LogP contribution in [0.4, 0.5) is 13.2 Å². The number of benzene rings is 1. The van der Waals surface area contributed by atoms with Crippen LogP contribution in [0.3, 0.4) is 0 Å². The van der Waals surface area contributed by atoms with E-state index in [4.69, 9.17) is 11.5 Å². The van der Waals surface area contributed by atoms with Gasteiger partial charge in [0.15, 0.2) is 0 Å². The first-order valence-corrected chi connectivity index (χ1v) is 10.6. The van der Waals surface area contributed by atoms with Crippen molar-refractivity contribution in [3.63, 3.8) is 0 Å². The first-order chi connectivity index (χ1) is 15.1. The highest BCUT2D eigenvalue weighted by atomic mass is 19.4. The molecule has 176 valence electrons. The van der Waals surface area contributed by atoms with Gasteiger partial charge in [-0.05, 0) is 43.7 Å². The Labute approximate surface area is 184 Å². The fraction of sp³-hybridized carbons (Fsp3) is 0.571. The van der Waals surface area contributed by atoms with E-state index in [9.17, 15) is 23.3 Å². The highest BCUT2D eigenvalue weighted by Crippen LogP contribution is 2.37. The summed E-state index contributed by atoms with van der Waals surface area (Å²) in [4.78, 5) is 15.5. The number of amidine groups is 1. The maximum atomic E-state index is 12.6. The molecule has 0 amide bonds. The minimum atomic E-state index is -4.81. The zero-order valence-corrected chi connectivity index (χ0v) is 17.6. The molecule has 1 atom stereocenters. The average molecular weight is 455 g/mol. The molecule has 1 aromatic carbocycles. The van der Waals surface area contributed by atoms with Gasteiger partial charge in [-0.25, -0.2) is 0 Å². The molecule has 1 heterocycles. The Morgan fingerprint density at radius 2 is 1.88 bits per heavy atom. The third-order valence-electron chi connectivity index (χ3n) is 6.16. The van der Waals surface area contributed by atoms with Gasteiger partial charge in [-0.15, -0.1) is 13.2 Å². The molecule has 32 heavy (non-hydrogen) atoms. The molecule has 0 bridgehead atoms. The monoisotopic (exact) mass is 455 g/mol. The van der Waals surface area contributed by atoms with Crippen LogP contribution >= 0.6 is 0 Å². The van der Waals surface area contributed by atoms with E-state index in [-0.39, 0.29) is 35.9 Å². The summed E-state index contributed by atoms with van der Waals surface area (Å²) in [6, 6.07) is 5.72. The Morgan fingerprint density at radius 1 is 1.22 bits per heavy atom. The van der Waals surface area contributed by atoms with Crippen molar-refractivity contribution in [2.24, 2.45) is 28.3 Å². The Bertz CT molecular complexity index is 882. The highest BCUT2D eigenvalue weighted by molar-refractivity contribution is 5.86. The number of hydrogen-bond acceptors (Lipinski definition) is 6. The van der Waals surface area contributed by atoms with Crippen LogP contribution in [-0.4, -0.2) is 29.2 Å². The second-order valence-corrected chi connectivity index (χ2v) is 8.51. The van der Waals surface area contributed by atoms with E-state index >= 15 is 0 Å². The number of rotatable bonds is 7. The molecular formula is C21H28F3N5O3. The number of nitro groups is 1. The highest BCUT2D eigenvalue weighted by Gasteiger charge is 2.44. The third kappa shape index (κ3) is 6.19. The lowest BCUT2D eigenvalue weighted by Gasteiger charge is -2.36. The molecule has 1 aliphatic heterocycles. The number of alkyl halides is 3. The first kappa shape index (κ1) is 24.0. The van der Waals surface area contributed by atoms with Crippen molar-refractivity contribution < 1.29 is 22.8 Å².